The monoisotopic (exact) mass is 172 g/mol. The van der Waals surface area contributed by atoms with Crippen LogP contribution in [0.4, 0.5) is 4.79 Å². The Morgan fingerprint density at radius 2 is 2.50 bits per heavy atom. The maximum atomic E-state index is 10.6. The highest BCUT2D eigenvalue weighted by Crippen LogP contribution is 2.19. The molecule has 0 aromatic heterocycles. The lowest BCUT2D eigenvalue weighted by Gasteiger charge is -2.17. The molecule has 1 unspecified atom stereocenters. The minimum Gasteiger partial charge on any atom is -0.497 e. The van der Waals surface area contributed by atoms with E-state index in [1.807, 2.05) is 6.92 Å². The predicted octanol–water partition coefficient (Wildman–Crippen LogP) is 1.46. The fourth-order valence-corrected chi connectivity index (χ4v) is 0.863. The van der Waals surface area contributed by atoms with Gasteiger partial charge >= 0.3 is 6.16 Å². The van der Waals surface area contributed by atoms with Crippen molar-refractivity contribution < 1.29 is 19.0 Å². The van der Waals surface area contributed by atoms with E-state index >= 15 is 0 Å². The topological polar surface area (TPSA) is 44.8 Å². The van der Waals surface area contributed by atoms with E-state index in [0.29, 0.717) is 6.61 Å². The normalized spacial score (nSPS) is 28.7. The zero-order chi connectivity index (χ0) is 9.03. The molecule has 1 atom stereocenters. The molecule has 0 radical (unpaired) electrons. The molecule has 1 heterocycles. The molecular formula is C8H12O4. The van der Waals surface area contributed by atoms with Crippen molar-refractivity contribution in [3.05, 3.63) is 12.3 Å². The van der Waals surface area contributed by atoms with E-state index in [1.165, 1.54) is 0 Å². The highest BCUT2D eigenvalue weighted by molar-refractivity contribution is 5.62. The summed E-state index contributed by atoms with van der Waals surface area (Å²) >= 11 is 0. The Morgan fingerprint density at radius 1 is 1.75 bits per heavy atom. The van der Waals surface area contributed by atoms with E-state index in [2.05, 4.69) is 4.74 Å². The second-order valence-electron chi connectivity index (χ2n) is 2.87. The van der Waals surface area contributed by atoms with Crippen LogP contribution in [0.2, 0.25) is 0 Å². The average Bonchev–Trinajstić information content (AvgIpc) is 2.32. The highest BCUT2D eigenvalue weighted by Gasteiger charge is 2.38. The first-order valence-electron chi connectivity index (χ1n) is 3.75. The minimum absolute atomic E-state index is 0.253. The van der Waals surface area contributed by atoms with Crippen LogP contribution in [0.1, 0.15) is 13.8 Å². The van der Waals surface area contributed by atoms with Gasteiger partial charge in [-0.1, -0.05) is 6.08 Å². The number of ether oxygens (including phenoxy) is 3. The van der Waals surface area contributed by atoms with Crippen LogP contribution in [0.25, 0.3) is 0 Å². The van der Waals surface area contributed by atoms with Crippen LogP contribution in [-0.4, -0.2) is 25.0 Å². The van der Waals surface area contributed by atoms with Gasteiger partial charge < -0.3 is 14.2 Å². The largest absolute Gasteiger partial charge is 0.509 e. The van der Waals surface area contributed by atoms with Crippen molar-refractivity contribution in [3.63, 3.8) is 0 Å². The van der Waals surface area contributed by atoms with Gasteiger partial charge in [0.15, 0.2) is 5.60 Å². The lowest BCUT2D eigenvalue weighted by atomic mass is 10.1. The zero-order valence-corrected chi connectivity index (χ0v) is 7.20. The van der Waals surface area contributed by atoms with Gasteiger partial charge in [0.1, 0.15) is 13.2 Å². The standard InChI is InChI=1S/C8H12O4/c1-3-4-10-5-8(2)6-11-7(9)12-8/h3-4H,5-6H2,1-2H3. The summed E-state index contributed by atoms with van der Waals surface area (Å²) in [5.74, 6) is 0. The van der Waals surface area contributed by atoms with Crippen molar-refractivity contribution in [1.29, 1.82) is 0 Å². The minimum atomic E-state index is -0.628. The first-order chi connectivity index (χ1) is 5.66. The molecule has 0 bridgehead atoms. The fraction of sp³-hybridized carbons (Fsp3) is 0.625. The van der Waals surface area contributed by atoms with E-state index < -0.39 is 11.8 Å². The number of hydrogen-bond acceptors (Lipinski definition) is 4. The molecule has 1 fully saturated rings. The quantitative estimate of drug-likeness (QED) is 0.477. The third-order valence-corrected chi connectivity index (χ3v) is 1.45. The van der Waals surface area contributed by atoms with Crippen molar-refractivity contribution in [2.24, 2.45) is 0 Å². The van der Waals surface area contributed by atoms with Gasteiger partial charge in [0.05, 0.1) is 6.26 Å². The Bertz CT molecular complexity index is 199. The van der Waals surface area contributed by atoms with Crippen LogP contribution in [0.15, 0.2) is 12.3 Å². The molecule has 0 aromatic rings. The molecule has 0 amide bonds. The van der Waals surface area contributed by atoms with Crippen LogP contribution >= 0.6 is 0 Å². The Morgan fingerprint density at radius 3 is 3.00 bits per heavy atom. The molecule has 0 N–H and O–H groups in total. The molecule has 0 spiro atoms. The first kappa shape index (κ1) is 8.90. The summed E-state index contributed by atoms with van der Waals surface area (Å²) in [4.78, 5) is 10.6. The summed E-state index contributed by atoms with van der Waals surface area (Å²) in [5, 5.41) is 0. The van der Waals surface area contributed by atoms with Crippen molar-refractivity contribution in [2.75, 3.05) is 13.2 Å². The van der Waals surface area contributed by atoms with Gasteiger partial charge in [-0.05, 0) is 13.8 Å². The SMILES string of the molecule is CC=COCC1(C)COC(=O)O1. The molecule has 1 saturated heterocycles. The van der Waals surface area contributed by atoms with E-state index in [9.17, 15) is 4.79 Å². The summed E-state index contributed by atoms with van der Waals surface area (Å²) in [5.41, 5.74) is -0.628. The van der Waals surface area contributed by atoms with Gasteiger partial charge in [-0.2, -0.15) is 0 Å². The van der Waals surface area contributed by atoms with Gasteiger partial charge in [0.2, 0.25) is 0 Å². The Labute approximate surface area is 71.1 Å². The maximum Gasteiger partial charge on any atom is 0.509 e. The van der Waals surface area contributed by atoms with Crippen LogP contribution in [-0.2, 0) is 14.2 Å². The smallest absolute Gasteiger partial charge is 0.497 e. The number of rotatable bonds is 3. The van der Waals surface area contributed by atoms with Crippen molar-refractivity contribution >= 4 is 6.16 Å². The molecule has 1 rings (SSSR count). The predicted molar refractivity (Wildman–Crippen MR) is 41.6 cm³/mol. The molecule has 68 valence electrons. The van der Waals surface area contributed by atoms with Crippen LogP contribution in [0.3, 0.4) is 0 Å². The van der Waals surface area contributed by atoms with E-state index in [-0.39, 0.29) is 6.61 Å². The number of hydrogen-bond donors (Lipinski definition) is 0. The van der Waals surface area contributed by atoms with Crippen LogP contribution in [0.5, 0.6) is 0 Å². The van der Waals surface area contributed by atoms with E-state index in [1.54, 1.807) is 19.3 Å². The third-order valence-electron chi connectivity index (χ3n) is 1.45. The van der Waals surface area contributed by atoms with Crippen molar-refractivity contribution in [2.45, 2.75) is 19.4 Å². The van der Waals surface area contributed by atoms with Crippen molar-refractivity contribution in [1.82, 2.24) is 0 Å². The number of cyclic esters (lactones) is 2. The summed E-state index contributed by atoms with van der Waals surface area (Å²) in [6.07, 6.45) is 2.69. The second kappa shape index (κ2) is 3.47. The van der Waals surface area contributed by atoms with Gasteiger partial charge in [-0.15, -0.1) is 0 Å². The van der Waals surface area contributed by atoms with Crippen molar-refractivity contribution in [3.8, 4) is 0 Å². The first-order valence-corrected chi connectivity index (χ1v) is 3.75. The lowest BCUT2D eigenvalue weighted by Crippen LogP contribution is -2.32. The third kappa shape index (κ3) is 2.15. The number of carbonyl (C=O) groups is 1. The summed E-state index contributed by atoms with van der Waals surface area (Å²) < 4.78 is 14.6. The molecule has 1 aliphatic heterocycles. The summed E-state index contributed by atoms with van der Waals surface area (Å²) in [7, 11) is 0. The number of allylic oxidation sites excluding steroid dienone is 1. The van der Waals surface area contributed by atoms with Gasteiger partial charge in [0.25, 0.3) is 0 Å². The zero-order valence-electron chi connectivity index (χ0n) is 7.20. The molecular weight excluding hydrogens is 160 g/mol. The molecule has 0 aromatic carbocycles. The Hall–Kier alpha value is -1.19. The van der Waals surface area contributed by atoms with Crippen LogP contribution in [0, 0.1) is 0 Å². The number of carbonyl (C=O) groups excluding carboxylic acids is 1. The molecule has 4 nitrogen and oxygen atoms in total. The lowest BCUT2D eigenvalue weighted by molar-refractivity contribution is 0.0156. The van der Waals surface area contributed by atoms with Gasteiger partial charge in [-0.3, -0.25) is 0 Å². The van der Waals surface area contributed by atoms with Gasteiger partial charge in [-0.25, -0.2) is 4.79 Å². The van der Waals surface area contributed by atoms with Crippen LogP contribution < -0.4 is 0 Å². The molecule has 0 saturated carbocycles. The fourth-order valence-electron chi connectivity index (χ4n) is 0.863. The van der Waals surface area contributed by atoms with Gasteiger partial charge in [0, 0.05) is 0 Å². The molecule has 0 aliphatic carbocycles. The van der Waals surface area contributed by atoms with E-state index in [4.69, 9.17) is 9.47 Å². The highest BCUT2D eigenvalue weighted by atomic mass is 16.8. The second-order valence-corrected chi connectivity index (χ2v) is 2.87. The molecule has 12 heavy (non-hydrogen) atoms. The average molecular weight is 172 g/mol. The Balaban J connectivity index is 2.34. The summed E-state index contributed by atoms with van der Waals surface area (Å²) in [6, 6.07) is 0. The van der Waals surface area contributed by atoms with E-state index in [0.717, 1.165) is 0 Å². The Kier molecular flexibility index (Phi) is 2.58. The maximum absolute atomic E-state index is 10.6. The molecule has 4 heteroatoms. The summed E-state index contributed by atoms with van der Waals surface area (Å²) in [6.45, 7) is 4.19. The molecule has 1 aliphatic rings.